The van der Waals surface area contributed by atoms with Crippen molar-refractivity contribution < 1.29 is 4.79 Å². The highest BCUT2D eigenvalue weighted by Crippen LogP contribution is 2.32. The molecule has 28 heavy (non-hydrogen) atoms. The molecule has 0 aliphatic carbocycles. The topological polar surface area (TPSA) is 71.2 Å². The van der Waals surface area contributed by atoms with E-state index in [1.54, 1.807) is 0 Å². The summed E-state index contributed by atoms with van der Waals surface area (Å²) in [5.74, 6) is 0.649. The maximum atomic E-state index is 12.6. The number of carbonyl (C=O) groups is 1. The summed E-state index contributed by atoms with van der Waals surface area (Å²) < 4.78 is 0. The zero-order valence-corrected chi connectivity index (χ0v) is 17.2. The van der Waals surface area contributed by atoms with Crippen molar-refractivity contribution in [3.63, 3.8) is 0 Å². The molecule has 0 unspecified atom stereocenters. The minimum absolute atomic E-state index is 0.124. The predicted octanol–water partition coefficient (Wildman–Crippen LogP) is 4.01. The Morgan fingerprint density at radius 3 is 2.79 bits per heavy atom. The number of nitrogens with zero attached hydrogens (tertiary/aromatic N) is 2. The minimum atomic E-state index is -0.124. The molecule has 5 nitrogen and oxygen atoms in total. The van der Waals surface area contributed by atoms with Gasteiger partial charge in [-0.15, -0.1) is 11.3 Å². The van der Waals surface area contributed by atoms with E-state index < -0.39 is 0 Å². The molecule has 1 aromatic carbocycles. The number of nitrogens with two attached hydrogens (primary N) is 1. The summed E-state index contributed by atoms with van der Waals surface area (Å²) >= 11 is 1.35. The van der Waals surface area contributed by atoms with Gasteiger partial charge in [0.15, 0.2) is 0 Å². The summed E-state index contributed by atoms with van der Waals surface area (Å²) in [6.07, 6.45) is 2.06. The zero-order chi connectivity index (χ0) is 19.7. The van der Waals surface area contributed by atoms with Gasteiger partial charge in [-0.3, -0.25) is 4.79 Å². The summed E-state index contributed by atoms with van der Waals surface area (Å²) in [5.41, 5.74) is 10.1. The number of rotatable bonds is 5. The molecule has 2 aromatic heterocycles. The fraction of sp³-hybridized carbons (Fsp3) is 0.364. The largest absolute Gasteiger partial charge is 0.397 e. The lowest BCUT2D eigenvalue weighted by Crippen LogP contribution is -2.25. The third-order valence-corrected chi connectivity index (χ3v) is 6.48. The molecule has 1 amide bonds. The molecule has 1 aliphatic rings. The van der Waals surface area contributed by atoms with E-state index in [9.17, 15) is 4.79 Å². The Morgan fingerprint density at radius 1 is 1.29 bits per heavy atom. The van der Waals surface area contributed by atoms with E-state index in [1.807, 2.05) is 19.1 Å². The average Bonchev–Trinajstić information content (AvgIpc) is 3.25. The number of carbonyl (C=O) groups excluding carboxylic acids is 1. The molecular formula is C22H26N4OS. The van der Waals surface area contributed by atoms with Crippen LogP contribution < -0.4 is 16.0 Å². The summed E-state index contributed by atoms with van der Waals surface area (Å²) in [6, 6.07) is 12.5. The van der Waals surface area contributed by atoms with Crippen molar-refractivity contribution >= 4 is 38.8 Å². The number of benzene rings is 1. The highest BCUT2D eigenvalue weighted by Gasteiger charge is 2.19. The first-order chi connectivity index (χ1) is 13.5. The number of hydrogen-bond acceptors (Lipinski definition) is 5. The monoisotopic (exact) mass is 394 g/mol. The second kappa shape index (κ2) is 7.80. The van der Waals surface area contributed by atoms with Gasteiger partial charge in [0.25, 0.3) is 5.91 Å². The molecule has 0 spiro atoms. The van der Waals surface area contributed by atoms with Gasteiger partial charge in [-0.1, -0.05) is 19.1 Å². The Kier molecular flexibility index (Phi) is 5.22. The van der Waals surface area contributed by atoms with Crippen molar-refractivity contribution in [1.29, 1.82) is 0 Å². The highest BCUT2D eigenvalue weighted by atomic mass is 32.1. The first-order valence-electron chi connectivity index (χ1n) is 9.79. The molecule has 1 saturated heterocycles. The smallest absolute Gasteiger partial charge is 0.263 e. The molecule has 1 aliphatic heterocycles. The quantitative estimate of drug-likeness (QED) is 0.686. The molecule has 0 saturated carbocycles. The van der Waals surface area contributed by atoms with Crippen LogP contribution in [-0.4, -0.2) is 30.5 Å². The lowest BCUT2D eigenvalue weighted by atomic mass is 10.1. The molecule has 0 bridgehead atoms. The van der Waals surface area contributed by atoms with E-state index in [-0.39, 0.29) is 5.91 Å². The van der Waals surface area contributed by atoms with Crippen LogP contribution in [-0.2, 0) is 6.42 Å². The Balaban J connectivity index is 1.35. The average molecular weight is 395 g/mol. The van der Waals surface area contributed by atoms with Gasteiger partial charge in [0, 0.05) is 36.4 Å². The minimum Gasteiger partial charge on any atom is -0.397 e. The number of pyridine rings is 1. The maximum absolute atomic E-state index is 12.6. The number of hydrogen-bond donors (Lipinski definition) is 2. The van der Waals surface area contributed by atoms with Crippen LogP contribution in [0.4, 0.5) is 11.4 Å². The molecule has 6 heteroatoms. The number of aryl methyl sites for hydroxylation is 1. The van der Waals surface area contributed by atoms with Gasteiger partial charge >= 0.3 is 0 Å². The van der Waals surface area contributed by atoms with Crippen LogP contribution in [0.3, 0.4) is 0 Å². The van der Waals surface area contributed by atoms with Crippen molar-refractivity contribution in [2.45, 2.75) is 26.7 Å². The van der Waals surface area contributed by atoms with Crippen molar-refractivity contribution in [3.05, 3.63) is 52.5 Å². The van der Waals surface area contributed by atoms with E-state index in [0.29, 0.717) is 17.1 Å². The maximum Gasteiger partial charge on any atom is 0.263 e. The summed E-state index contributed by atoms with van der Waals surface area (Å²) in [4.78, 5) is 20.8. The SMILES string of the molecule is Cc1ccc2c(N)c(C(=O)NCCc3ccc(N4CC[C@@H](C)C4)cc3)sc2n1. The molecule has 4 rings (SSSR count). The third-order valence-electron chi connectivity index (χ3n) is 5.36. The lowest BCUT2D eigenvalue weighted by molar-refractivity contribution is 0.0959. The van der Waals surface area contributed by atoms with Gasteiger partial charge in [0.05, 0.1) is 5.69 Å². The van der Waals surface area contributed by atoms with E-state index >= 15 is 0 Å². The van der Waals surface area contributed by atoms with Crippen molar-refractivity contribution in [1.82, 2.24) is 10.3 Å². The molecule has 1 fully saturated rings. The first kappa shape index (κ1) is 18.7. The lowest BCUT2D eigenvalue weighted by Gasteiger charge is -2.18. The van der Waals surface area contributed by atoms with Gasteiger partial charge in [-0.25, -0.2) is 4.98 Å². The van der Waals surface area contributed by atoms with E-state index in [4.69, 9.17) is 5.73 Å². The zero-order valence-electron chi connectivity index (χ0n) is 16.4. The molecule has 146 valence electrons. The fourth-order valence-electron chi connectivity index (χ4n) is 3.70. The van der Waals surface area contributed by atoms with Crippen LogP contribution in [0, 0.1) is 12.8 Å². The Bertz CT molecular complexity index is 996. The molecule has 1 atom stereocenters. The second-order valence-corrected chi connectivity index (χ2v) is 8.66. The first-order valence-corrected chi connectivity index (χ1v) is 10.6. The number of aromatic nitrogens is 1. The molecule has 3 N–H and O–H groups in total. The van der Waals surface area contributed by atoms with Crippen LogP contribution in [0.25, 0.3) is 10.2 Å². The third kappa shape index (κ3) is 3.83. The summed E-state index contributed by atoms with van der Waals surface area (Å²) in [5, 5.41) is 3.85. The molecule has 0 radical (unpaired) electrons. The number of fused-ring (bicyclic) bond motifs is 1. The summed E-state index contributed by atoms with van der Waals surface area (Å²) in [7, 11) is 0. The van der Waals surface area contributed by atoms with E-state index in [2.05, 4.69) is 46.4 Å². The molecular weight excluding hydrogens is 368 g/mol. The van der Waals surface area contributed by atoms with Crippen molar-refractivity contribution in [2.24, 2.45) is 5.92 Å². The van der Waals surface area contributed by atoms with Gasteiger partial charge in [-0.05, 0) is 55.5 Å². The summed E-state index contributed by atoms with van der Waals surface area (Å²) in [6.45, 7) is 7.10. The van der Waals surface area contributed by atoms with Crippen LogP contribution in [0.15, 0.2) is 36.4 Å². The van der Waals surface area contributed by atoms with Gasteiger partial charge in [0.1, 0.15) is 9.71 Å². The normalized spacial score (nSPS) is 16.6. The van der Waals surface area contributed by atoms with Crippen molar-refractivity contribution in [2.75, 3.05) is 30.3 Å². The number of nitrogens with one attached hydrogen (secondary N) is 1. The van der Waals surface area contributed by atoms with Crippen LogP contribution >= 0.6 is 11.3 Å². The number of thiophene rings is 1. The Hall–Kier alpha value is -2.60. The van der Waals surface area contributed by atoms with Crippen LogP contribution in [0.2, 0.25) is 0 Å². The molecule has 3 aromatic rings. The van der Waals surface area contributed by atoms with Gasteiger partial charge in [-0.2, -0.15) is 0 Å². The number of amides is 1. The predicted molar refractivity (Wildman–Crippen MR) is 117 cm³/mol. The van der Waals surface area contributed by atoms with Crippen LogP contribution in [0.5, 0.6) is 0 Å². The Labute approximate surface area is 169 Å². The fourth-order valence-corrected chi connectivity index (χ4v) is 4.76. The van der Waals surface area contributed by atoms with Gasteiger partial charge < -0.3 is 16.0 Å². The van der Waals surface area contributed by atoms with Crippen molar-refractivity contribution in [3.8, 4) is 0 Å². The van der Waals surface area contributed by atoms with Gasteiger partial charge in [0.2, 0.25) is 0 Å². The van der Waals surface area contributed by atoms with E-state index in [1.165, 1.54) is 29.0 Å². The Morgan fingerprint density at radius 2 is 2.07 bits per heavy atom. The van der Waals surface area contributed by atoms with Crippen LogP contribution in [0.1, 0.15) is 34.3 Å². The number of nitrogen functional groups attached to an aromatic ring is 1. The molecule has 3 heterocycles. The standard InChI is InChI=1S/C22H26N4OS/c1-14-10-12-26(13-14)17-6-4-16(5-7-17)9-11-24-21(27)20-19(23)18-8-3-15(2)25-22(18)28-20/h3-8,14H,9-13,23H2,1-2H3,(H,24,27)/t14-/m1/s1. The van der Waals surface area contributed by atoms with E-state index in [0.717, 1.165) is 41.3 Å². The number of anilines is 2. The second-order valence-electron chi connectivity index (χ2n) is 7.66. The highest BCUT2D eigenvalue weighted by molar-refractivity contribution is 7.21.